The first kappa shape index (κ1) is 7.35. The quantitative estimate of drug-likeness (QED) is 0.467. The minimum atomic E-state index is 0.948. The fourth-order valence-electron chi connectivity index (χ4n) is 0.737. The van der Waals surface area contributed by atoms with Crippen LogP contribution in [0.5, 0.6) is 0 Å². The zero-order valence-corrected chi connectivity index (χ0v) is 6.68. The van der Waals surface area contributed by atoms with Crippen molar-refractivity contribution < 1.29 is 0 Å². The summed E-state index contributed by atoms with van der Waals surface area (Å²) < 4.78 is 3.77. The highest BCUT2D eigenvalue weighted by molar-refractivity contribution is 7.79. The molecule has 10 heavy (non-hydrogen) atoms. The van der Waals surface area contributed by atoms with Crippen LogP contribution < -0.4 is 0 Å². The van der Waals surface area contributed by atoms with Crippen molar-refractivity contribution in [2.45, 2.75) is 6.92 Å². The molecule has 0 saturated heterocycles. The van der Waals surface area contributed by atoms with Crippen molar-refractivity contribution in [3.8, 4) is 0 Å². The third-order valence-electron chi connectivity index (χ3n) is 1.34. The molecule has 0 atom stereocenters. The maximum absolute atomic E-state index is 3.81. The average Bonchev–Trinajstić information content (AvgIpc) is 2.05. The Kier molecular flexibility index (Phi) is 2.51. The van der Waals surface area contributed by atoms with Crippen molar-refractivity contribution in [1.29, 1.82) is 0 Å². The van der Waals surface area contributed by atoms with E-state index in [2.05, 4.69) is 17.2 Å². The van der Waals surface area contributed by atoms with Gasteiger partial charge < -0.3 is 0 Å². The number of benzene rings is 1. The third-order valence-corrected chi connectivity index (χ3v) is 1.64. The predicted octanol–water partition coefficient (Wildman–Crippen LogP) is 2.34. The van der Waals surface area contributed by atoms with Crippen LogP contribution >= 0.6 is 12.8 Å². The Morgan fingerprint density at radius 1 is 1.30 bits per heavy atom. The van der Waals surface area contributed by atoms with Gasteiger partial charge in [0.2, 0.25) is 0 Å². The summed E-state index contributed by atoms with van der Waals surface area (Å²) in [4.78, 5) is 0. The maximum atomic E-state index is 3.81. The summed E-state index contributed by atoms with van der Waals surface area (Å²) in [6.45, 7) is 1.93. The Bertz CT molecular complexity index is 228. The molecule has 0 amide bonds. The Labute approximate surface area is 66.3 Å². The summed E-state index contributed by atoms with van der Waals surface area (Å²) in [5.74, 6) is 0. The second kappa shape index (κ2) is 3.42. The monoisotopic (exact) mass is 151 g/mol. The van der Waals surface area contributed by atoms with Gasteiger partial charge in [0.15, 0.2) is 0 Å². The fraction of sp³-hybridized carbons (Fsp3) is 0.125. The van der Waals surface area contributed by atoms with Crippen LogP contribution in [-0.4, -0.2) is 5.71 Å². The first-order chi connectivity index (χ1) is 4.84. The van der Waals surface area contributed by atoms with Gasteiger partial charge >= 0.3 is 0 Å². The van der Waals surface area contributed by atoms with E-state index in [9.17, 15) is 0 Å². The van der Waals surface area contributed by atoms with Gasteiger partial charge in [-0.2, -0.15) is 0 Å². The molecule has 0 bridgehead atoms. The molecule has 0 aromatic heterocycles. The average molecular weight is 151 g/mol. The lowest BCUT2D eigenvalue weighted by Gasteiger charge is -1.95. The minimum Gasteiger partial charge on any atom is -0.224 e. The molecule has 0 aliphatic heterocycles. The standard InChI is InChI=1S/C8H9NS/c1-7(9-10)8-5-3-2-4-6-8/h2-6,10H,1H3. The van der Waals surface area contributed by atoms with Crippen molar-refractivity contribution in [2.24, 2.45) is 4.40 Å². The van der Waals surface area contributed by atoms with Crippen LogP contribution in [0.2, 0.25) is 0 Å². The van der Waals surface area contributed by atoms with E-state index in [0.717, 1.165) is 11.3 Å². The van der Waals surface area contributed by atoms with Gasteiger partial charge in [0.05, 0.1) is 5.71 Å². The molecule has 1 rings (SSSR count). The highest BCUT2D eigenvalue weighted by Gasteiger charge is 1.91. The lowest BCUT2D eigenvalue weighted by Crippen LogP contribution is -1.90. The molecule has 0 saturated carbocycles. The van der Waals surface area contributed by atoms with Gasteiger partial charge in [-0.15, -0.1) is 0 Å². The van der Waals surface area contributed by atoms with Gasteiger partial charge in [0.25, 0.3) is 0 Å². The number of rotatable bonds is 1. The van der Waals surface area contributed by atoms with Gasteiger partial charge in [-0.05, 0) is 25.3 Å². The van der Waals surface area contributed by atoms with Crippen LogP contribution in [0, 0.1) is 0 Å². The molecule has 0 heterocycles. The summed E-state index contributed by atoms with van der Waals surface area (Å²) in [7, 11) is 0. The molecule has 1 aromatic carbocycles. The summed E-state index contributed by atoms with van der Waals surface area (Å²) >= 11 is 3.81. The van der Waals surface area contributed by atoms with Crippen molar-refractivity contribution in [3.63, 3.8) is 0 Å². The second-order valence-corrected chi connectivity index (χ2v) is 2.25. The zero-order chi connectivity index (χ0) is 7.40. The molecule has 0 fully saturated rings. The Morgan fingerprint density at radius 2 is 1.90 bits per heavy atom. The molecule has 52 valence electrons. The molecule has 0 spiro atoms. The summed E-state index contributed by atoms with van der Waals surface area (Å²) in [6.07, 6.45) is 0. The van der Waals surface area contributed by atoms with E-state index >= 15 is 0 Å². The molecule has 0 N–H and O–H groups in total. The van der Waals surface area contributed by atoms with E-state index in [1.165, 1.54) is 0 Å². The van der Waals surface area contributed by atoms with Crippen LogP contribution in [-0.2, 0) is 0 Å². The molecule has 0 unspecified atom stereocenters. The van der Waals surface area contributed by atoms with Crippen molar-refractivity contribution >= 4 is 18.5 Å². The molecular formula is C8H9NS. The summed E-state index contributed by atoms with van der Waals surface area (Å²) in [6, 6.07) is 9.97. The smallest absolute Gasteiger partial charge is 0.0525 e. The molecule has 0 aliphatic rings. The highest BCUT2D eigenvalue weighted by Crippen LogP contribution is 2.00. The lowest BCUT2D eigenvalue weighted by molar-refractivity contribution is 1.61. The van der Waals surface area contributed by atoms with Gasteiger partial charge in [0.1, 0.15) is 0 Å². The molecule has 0 aliphatic carbocycles. The van der Waals surface area contributed by atoms with E-state index < -0.39 is 0 Å². The van der Waals surface area contributed by atoms with Crippen molar-refractivity contribution in [1.82, 2.24) is 0 Å². The Hall–Kier alpha value is -0.760. The summed E-state index contributed by atoms with van der Waals surface area (Å²) in [5, 5.41) is 0. The van der Waals surface area contributed by atoms with Crippen molar-refractivity contribution in [2.75, 3.05) is 0 Å². The van der Waals surface area contributed by atoms with Crippen molar-refractivity contribution in [3.05, 3.63) is 35.9 Å². The topological polar surface area (TPSA) is 12.4 Å². The molecular weight excluding hydrogens is 142 g/mol. The predicted molar refractivity (Wildman–Crippen MR) is 47.6 cm³/mol. The first-order valence-electron chi connectivity index (χ1n) is 3.08. The van der Waals surface area contributed by atoms with Gasteiger partial charge in [0, 0.05) is 0 Å². The normalized spacial score (nSPS) is 11.6. The number of thiol groups is 1. The van der Waals surface area contributed by atoms with E-state index in [4.69, 9.17) is 0 Å². The maximum Gasteiger partial charge on any atom is 0.0525 e. The SMILES string of the molecule is CC(=NS)c1ccccc1. The second-order valence-electron chi connectivity index (χ2n) is 2.05. The highest BCUT2D eigenvalue weighted by atomic mass is 32.1. The van der Waals surface area contributed by atoms with Crippen LogP contribution in [0.4, 0.5) is 0 Å². The largest absolute Gasteiger partial charge is 0.224 e. The van der Waals surface area contributed by atoms with Crippen LogP contribution in [0.1, 0.15) is 12.5 Å². The minimum absolute atomic E-state index is 0.948. The third kappa shape index (κ3) is 1.61. The van der Waals surface area contributed by atoms with Gasteiger partial charge in [-0.1, -0.05) is 30.3 Å². The molecule has 1 aromatic rings. The van der Waals surface area contributed by atoms with E-state index in [-0.39, 0.29) is 0 Å². The molecule has 2 heteroatoms. The first-order valence-corrected chi connectivity index (χ1v) is 3.48. The fourth-order valence-corrected chi connectivity index (χ4v) is 0.853. The number of hydrogen-bond donors (Lipinski definition) is 1. The van der Waals surface area contributed by atoms with E-state index in [1.807, 2.05) is 37.3 Å². The lowest BCUT2D eigenvalue weighted by atomic mass is 10.1. The summed E-state index contributed by atoms with van der Waals surface area (Å²) in [5.41, 5.74) is 2.07. The molecule has 1 nitrogen and oxygen atoms in total. The molecule has 0 radical (unpaired) electrons. The number of nitrogens with zero attached hydrogens (tertiary/aromatic N) is 1. The Morgan fingerprint density at radius 3 is 2.40 bits per heavy atom. The zero-order valence-electron chi connectivity index (χ0n) is 5.78. The van der Waals surface area contributed by atoms with E-state index in [0.29, 0.717) is 0 Å². The number of hydrogen-bond acceptors (Lipinski definition) is 2. The Balaban J connectivity index is 2.96. The van der Waals surface area contributed by atoms with Crippen LogP contribution in [0.15, 0.2) is 34.7 Å². The van der Waals surface area contributed by atoms with Gasteiger partial charge in [-0.25, -0.2) is 4.40 Å². The van der Waals surface area contributed by atoms with Gasteiger partial charge in [-0.3, -0.25) is 0 Å². The van der Waals surface area contributed by atoms with Crippen LogP contribution in [0.25, 0.3) is 0 Å². The van der Waals surface area contributed by atoms with Crippen LogP contribution in [0.3, 0.4) is 0 Å². The van der Waals surface area contributed by atoms with E-state index in [1.54, 1.807) is 0 Å².